The summed E-state index contributed by atoms with van der Waals surface area (Å²) in [4.78, 5) is 22.7. The van der Waals surface area contributed by atoms with E-state index in [-0.39, 0.29) is 11.9 Å². The lowest BCUT2D eigenvalue weighted by atomic mass is 10.1. The van der Waals surface area contributed by atoms with Crippen LogP contribution in [0.2, 0.25) is 0 Å². The van der Waals surface area contributed by atoms with Gasteiger partial charge < -0.3 is 10.1 Å². The Kier molecular flexibility index (Phi) is 6.52. The molecule has 0 radical (unpaired) electrons. The van der Waals surface area contributed by atoms with Gasteiger partial charge in [0.1, 0.15) is 0 Å². The van der Waals surface area contributed by atoms with E-state index in [4.69, 9.17) is 4.74 Å². The lowest BCUT2D eigenvalue weighted by Crippen LogP contribution is -2.57. The van der Waals surface area contributed by atoms with Crippen molar-refractivity contribution in [2.24, 2.45) is 0 Å². The van der Waals surface area contributed by atoms with Gasteiger partial charge in [0.2, 0.25) is 5.91 Å². The van der Waals surface area contributed by atoms with E-state index < -0.39 is 0 Å². The number of rotatable bonds is 6. The number of hydrogen-bond donors (Lipinski definition) is 1. The molecule has 1 N–H and O–H groups in total. The lowest BCUT2D eigenvalue weighted by molar-refractivity contribution is -0.121. The van der Waals surface area contributed by atoms with Gasteiger partial charge in [-0.1, -0.05) is 0 Å². The quantitative estimate of drug-likeness (QED) is 0.855. The van der Waals surface area contributed by atoms with Gasteiger partial charge in [0.05, 0.1) is 18.3 Å². The fraction of sp³-hybridized carbons (Fsp3) is 0.750. The molecule has 2 atom stereocenters. The van der Waals surface area contributed by atoms with E-state index in [9.17, 15) is 4.79 Å². The second-order valence-electron chi connectivity index (χ2n) is 6.20. The number of amides is 1. The number of carbonyl (C=O) groups excluding carboxylic acids is 1. The van der Waals surface area contributed by atoms with Crippen LogP contribution in [0.4, 0.5) is 5.13 Å². The maximum Gasteiger partial charge on any atom is 0.243 e. The first-order chi connectivity index (χ1) is 10.9. The van der Waals surface area contributed by atoms with Crippen molar-refractivity contribution in [3.05, 3.63) is 10.6 Å². The molecular formula is C16H28N4O2S. The van der Waals surface area contributed by atoms with Gasteiger partial charge in [-0.3, -0.25) is 14.6 Å². The Balaban J connectivity index is 1.87. The first kappa shape index (κ1) is 18.3. The third-order valence-electron chi connectivity index (χ3n) is 4.56. The second-order valence-corrected chi connectivity index (χ2v) is 7.40. The van der Waals surface area contributed by atoms with E-state index in [0.29, 0.717) is 11.2 Å². The maximum atomic E-state index is 12.5. The largest absolute Gasteiger partial charge is 0.383 e. The maximum absolute atomic E-state index is 12.5. The summed E-state index contributed by atoms with van der Waals surface area (Å²) in [5, 5.41) is 3.65. The van der Waals surface area contributed by atoms with Crippen molar-refractivity contribution in [3.63, 3.8) is 0 Å². The first-order valence-corrected chi connectivity index (χ1v) is 8.96. The molecule has 2 rings (SSSR count). The number of methoxy groups -OCH3 is 1. The Morgan fingerprint density at radius 3 is 2.78 bits per heavy atom. The minimum atomic E-state index is -0.147. The van der Waals surface area contributed by atoms with Gasteiger partial charge >= 0.3 is 0 Å². The average molecular weight is 340 g/mol. The Morgan fingerprint density at radius 2 is 2.22 bits per heavy atom. The van der Waals surface area contributed by atoms with Crippen LogP contribution < -0.4 is 5.32 Å². The molecule has 0 saturated carbocycles. The summed E-state index contributed by atoms with van der Waals surface area (Å²) >= 11 is 1.53. The van der Waals surface area contributed by atoms with E-state index in [1.807, 2.05) is 20.8 Å². The Bertz CT molecular complexity index is 515. The van der Waals surface area contributed by atoms with Crippen molar-refractivity contribution in [2.45, 2.75) is 39.8 Å². The van der Waals surface area contributed by atoms with Gasteiger partial charge in [-0.15, -0.1) is 11.3 Å². The van der Waals surface area contributed by atoms with Crippen molar-refractivity contribution < 1.29 is 9.53 Å². The Hall–Kier alpha value is -1.02. The summed E-state index contributed by atoms with van der Waals surface area (Å²) in [5.74, 6) is 0.0243. The summed E-state index contributed by atoms with van der Waals surface area (Å²) in [6.07, 6.45) is 0. The highest BCUT2D eigenvalue weighted by molar-refractivity contribution is 7.15. The predicted octanol–water partition coefficient (Wildman–Crippen LogP) is 1.74. The highest BCUT2D eigenvalue weighted by Crippen LogP contribution is 2.22. The standard InChI is InChI=1S/C16H28N4O2S/c1-11-10-20(7-6-19(11)8-9-22-5)13(3)15(21)18-16-17-12(2)14(4)23-16/h11,13H,6-10H2,1-5H3,(H,17,18,21). The van der Waals surface area contributed by atoms with Crippen molar-refractivity contribution in [2.75, 3.05) is 45.2 Å². The first-order valence-electron chi connectivity index (χ1n) is 8.14. The monoisotopic (exact) mass is 340 g/mol. The van der Waals surface area contributed by atoms with Crippen LogP contribution in [0.15, 0.2) is 0 Å². The van der Waals surface area contributed by atoms with Crippen LogP contribution in [0.5, 0.6) is 0 Å². The molecule has 0 aromatic carbocycles. The molecule has 1 aliphatic rings. The molecule has 1 aliphatic heterocycles. The SMILES string of the molecule is COCCN1CCN(C(C)C(=O)Nc2nc(C)c(C)s2)CC1C. The van der Waals surface area contributed by atoms with Crippen LogP contribution in [-0.2, 0) is 9.53 Å². The number of hydrogen-bond acceptors (Lipinski definition) is 6. The molecular weight excluding hydrogens is 312 g/mol. The van der Waals surface area contributed by atoms with Gasteiger partial charge in [-0.05, 0) is 27.7 Å². The van der Waals surface area contributed by atoms with E-state index in [2.05, 4.69) is 27.0 Å². The number of carbonyl (C=O) groups is 1. The van der Waals surface area contributed by atoms with Gasteiger partial charge in [0.25, 0.3) is 0 Å². The number of nitrogens with zero attached hydrogens (tertiary/aromatic N) is 3. The summed E-state index contributed by atoms with van der Waals surface area (Å²) in [7, 11) is 1.73. The highest BCUT2D eigenvalue weighted by atomic mass is 32.1. The molecule has 1 saturated heterocycles. The normalized spacial score (nSPS) is 21.3. The highest BCUT2D eigenvalue weighted by Gasteiger charge is 2.29. The summed E-state index contributed by atoms with van der Waals surface area (Å²) in [5.41, 5.74) is 0.985. The molecule has 130 valence electrons. The topological polar surface area (TPSA) is 57.7 Å². The molecule has 1 fully saturated rings. The Morgan fingerprint density at radius 1 is 1.48 bits per heavy atom. The number of piperazine rings is 1. The molecule has 23 heavy (non-hydrogen) atoms. The van der Waals surface area contributed by atoms with E-state index in [0.717, 1.165) is 43.4 Å². The fourth-order valence-electron chi connectivity index (χ4n) is 2.82. The van der Waals surface area contributed by atoms with Crippen molar-refractivity contribution in [1.29, 1.82) is 0 Å². The van der Waals surface area contributed by atoms with Crippen molar-refractivity contribution >= 4 is 22.4 Å². The number of ether oxygens (including phenoxy) is 1. The number of nitrogens with one attached hydrogen (secondary N) is 1. The molecule has 1 aromatic rings. The third-order valence-corrected chi connectivity index (χ3v) is 5.55. The van der Waals surface area contributed by atoms with Gasteiger partial charge in [0, 0.05) is 44.2 Å². The summed E-state index contributed by atoms with van der Waals surface area (Å²) in [6, 6.07) is 0.282. The van der Waals surface area contributed by atoms with Crippen LogP contribution in [0.1, 0.15) is 24.4 Å². The second kappa shape index (κ2) is 8.19. The van der Waals surface area contributed by atoms with Gasteiger partial charge in [-0.2, -0.15) is 0 Å². The smallest absolute Gasteiger partial charge is 0.243 e. The van der Waals surface area contributed by atoms with E-state index in [1.165, 1.54) is 11.3 Å². The molecule has 0 spiro atoms. The number of aryl methyl sites for hydroxylation is 2. The van der Waals surface area contributed by atoms with E-state index >= 15 is 0 Å². The molecule has 2 heterocycles. The van der Waals surface area contributed by atoms with Gasteiger partial charge in [-0.25, -0.2) is 4.98 Å². The van der Waals surface area contributed by atoms with Crippen LogP contribution in [0.3, 0.4) is 0 Å². The van der Waals surface area contributed by atoms with Crippen molar-refractivity contribution in [3.8, 4) is 0 Å². The van der Waals surface area contributed by atoms with Crippen LogP contribution >= 0.6 is 11.3 Å². The summed E-state index contributed by atoms with van der Waals surface area (Å²) in [6.45, 7) is 12.6. The van der Waals surface area contributed by atoms with Crippen molar-refractivity contribution in [1.82, 2.24) is 14.8 Å². The molecule has 0 aliphatic carbocycles. The lowest BCUT2D eigenvalue weighted by Gasteiger charge is -2.41. The molecule has 2 unspecified atom stereocenters. The molecule has 1 amide bonds. The molecule has 6 nitrogen and oxygen atoms in total. The minimum Gasteiger partial charge on any atom is -0.383 e. The zero-order valence-corrected chi connectivity index (χ0v) is 15.6. The van der Waals surface area contributed by atoms with Crippen LogP contribution in [0.25, 0.3) is 0 Å². The molecule has 0 bridgehead atoms. The molecule has 1 aromatic heterocycles. The minimum absolute atomic E-state index is 0.0243. The zero-order chi connectivity index (χ0) is 17.0. The van der Waals surface area contributed by atoms with Crippen LogP contribution in [-0.4, -0.2) is 72.7 Å². The van der Waals surface area contributed by atoms with Crippen LogP contribution in [0, 0.1) is 13.8 Å². The summed E-state index contributed by atoms with van der Waals surface area (Å²) < 4.78 is 5.16. The average Bonchev–Trinajstić information content (AvgIpc) is 2.83. The number of anilines is 1. The number of thiazole rings is 1. The van der Waals surface area contributed by atoms with E-state index in [1.54, 1.807) is 7.11 Å². The number of aromatic nitrogens is 1. The third kappa shape index (κ3) is 4.73. The zero-order valence-electron chi connectivity index (χ0n) is 14.8. The molecule has 7 heteroatoms. The fourth-order valence-corrected chi connectivity index (χ4v) is 3.64. The predicted molar refractivity (Wildman–Crippen MR) is 94.2 cm³/mol. The van der Waals surface area contributed by atoms with Gasteiger partial charge in [0.15, 0.2) is 5.13 Å². The Labute approximate surface area is 142 Å².